The number of methoxy groups -OCH3 is 1. The number of carbonyl (C=O) groups is 1. The molecule has 0 radical (unpaired) electrons. The molecule has 0 heterocycles. The van der Waals surface area contributed by atoms with E-state index in [1.807, 2.05) is 0 Å². The first-order valence-corrected chi connectivity index (χ1v) is 5.57. The van der Waals surface area contributed by atoms with Crippen LogP contribution in [0.25, 0.3) is 0 Å². The third-order valence-corrected chi connectivity index (χ3v) is 3.55. The molecule has 0 saturated heterocycles. The van der Waals surface area contributed by atoms with Gasteiger partial charge in [0.2, 0.25) is 0 Å². The van der Waals surface area contributed by atoms with Crippen LogP contribution in [0.2, 0.25) is 0 Å². The molecule has 0 amide bonds. The van der Waals surface area contributed by atoms with Crippen LogP contribution < -0.4 is 0 Å². The van der Waals surface area contributed by atoms with Crippen molar-refractivity contribution in [2.45, 2.75) is 40.0 Å². The highest BCUT2D eigenvalue weighted by Crippen LogP contribution is 2.51. The quantitative estimate of drug-likeness (QED) is 0.526. The standard InChI is InChI=1S/C13H22O2/c1-10-11(14)13(4,7-6-8-15-5)9-12(10,2)3/h1,6-9H2,2-5H3. The minimum Gasteiger partial charge on any atom is -0.385 e. The average molecular weight is 210 g/mol. The second-order valence-corrected chi connectivity index (χ2v) is 5.53. The van der Waals surface area contributed by atoms with E-state index in [-0.39, 0.29) is 16.6 Å². The Kier molecular flexibility index (Phi) is 3.39. The van der Waals surface area contributed by atoms with E-state index in [2.05, 4.69) is 27.4 Å². The summed E-state index contributed by atoms with van der Waals surface area (Å²) in [4.78, 5) is 12.1. The fraction of sp³-hybridized carbons (Fsp3) is 0.769. The fourth-order valence-electron chi connectivity index (χ4n) is 2.64. The van der Waals surface area contributed by atoms with Crippen molar-refractivity contribution in [3.8, 4) is 0 Å². The molecule has 0 bridgehead atoms. The van der Waals surface area contributed by atoms with Gasteiger partial charge in [0.1, 0.15) is 0 Å². The molecule has 1 aliphatic rings. The van der Waals surface area contributed by atoms with Crippen molar-refractivity contribution in [1.29, 1.82) is 0 Å². The summed E-state index contributed by atoms with van der Waals surface area (Å²) in [6.07, 6.45) is 2.77. The van der Waals surface area contributed by atoms with Crippen LogP contribution in [0.5, 0.6) is 0 Å². The Morgan fingerprint density at radius 1 is 1.40 bits per heavy atom. The molecule has 0 spiro atoms. The lowest BCUT2D eigenvalue weighted by Gasteiger charge is -2.23. The molecular weight excluding hydrogens is 188 g/mol. The maximum Gasteiger partial charge on any atom is 0.164 e. The highest BCUT2D eigenvalue weighted by atomic mass is 16.5. The maximum absolute atomic E-state index is 12.1. The van der Waals surface area contributed by atoms with Crippen molar-refractivity contribution in [1.82, 2.24) is 0 Å². The summed E-state index contributed by atoms with van der Waals surface area (Å²) in [5, 5.41) is 0. The van der Waals surface area contributed by atoms with E-state index in [0.717, 1.165) is 31.4 Å². The molecule has 1 aliphatic carbocycles. The zero-order chi connectivity index (χ0) is 11.7. The molecule has 0 aliphatic heterocycles. The number of hydrogen-bond acceptors (Lipinski definition) is 2. The van der Waals surface area contributed by atoms with Gasteiger partial charge in [-0.25, -0.2) is 0 Å². The third-order valence-electron chi connectivity index (χ3n) is 3.55. The monoisotopic (exact) mass is 210 g/mol. The molecule has 1 rings (SSSR count). The van der Waals surface area contributed by atoms with E-state index in [1.165, 1.54) is 0 Å². The molecule has 86 valence electrons. The lowest BCUT2D eigenvalue weighted by Crippen LogP contribution is -2.22. The van der Waals surface area contributed by atoms with Gasteiger partial charge in [-0.3, -0.25) is 4.79 Å². The molecular formula is C13H22O2. The van der Waals surface area contributed by atoms with Gasteiger partial charge in [-0.05, 0) is 30.3 Å². The lowest BCUT2D eigenvalue weighted by atomic mass is 9.79. The third kappa shape index (κ3) is 2.31. The van der Waals surface area contributed by atoms with Crippen LogP contribution in [0, 0.1) is 10.8 Å². The summed E-state index contributed by atoms with van der Waals surface area (Å²) in [6.45, 7) is 10.9. The van der Waals surface area contributed by atoms with Crippen molar-refractivity contribution in [2.75, 3.05) is 13.7 Å². The molecule has 1 fully saturated rings. The van der Waals surface area contributed by atoms with Gasteiger partial charge in [-0.15, -0.1) is 0 Å². The van der Waals surface area contributed by atoms with Gasteiger partial charge >= 0.3 is 0 Å². The molecule has 1 atom stereocenters. The van der Waals surface area contributed by atoms with Crippen LogP contribution in [0.15, 0.2) is 12.2 Å². The first-order valence-electron chi connectivity index (χ1n) is 5.57. The van der Waals surface area contributed by atoms with Gasteiger partial charge in [0.05, 0.1) is 0 Å². The number of ether oxygens (including phenoxy) is 1. The predicted molar refractivity (Wildman–Crippen MR) is 61.8 cm³/mol. The summed E-state index contributed by atoms with van der Waals surface area (Å²) in [5.74, 6) is 0.253. The summed E-state index contributed by atoms with van der Waals surface area (Å²) >= 11 is 0. The van der Waals surface area contributed by atoms with Crippen LogP contribution >= 0.6 is 0 Å². The van der Waals surface area contributed by atoms with Crippen molar-refractivity contribution in [2.24, 2.45) is 10.8 Å². The number of carbonyl (C=O) groups excluding carboxylic acids is 1. The highest BCUT2D eigenvalue weighted by Gasteiger charge is 2.49. The molecule has 0 aromatic heterocycles. The molecule has 0 N–H and O–H groups in total. The molecule has 0 aromatic rings. The molecule has 0 aromatic carbocycles. The van der Waals surface area contributed by atoms with Crippen molar-refractivity contribution in [3.05, 3.63) is 12.2 Å². The second-order valence-electron chi connectivity index (χ2n) is 5.53. The number of allylic oxidation sites excluding steroid dienone is 1. The minimum absolute atomic E-state index is 0.0289. The van der Waals surface area contributed by atoms with E-state index < -0.39 is 0 Å². The Hall–Kier alpha value is -0.630. The molecule has 2 nitrogen and oxygen atoms in total. The highest BCUT2D eigenvalue weighted by molar-refractivity contribution is 6.02. The predicted octanol–water partition coefficient (Wildman–Crippen LogP) is 2.97. The Balaban J connectivity index is 2.70. The normalized spacial score (nSPS) is 29.9. The first kappa shape index (κ1) is 12.4. The van der Waals surface area contributed by atoms with E-state index in [4.69, 9.17) is 4.74 Å². The average Bonchev–Trinajstić information content (AvgIpc) is 2.28. The van der Waals surface area contributed by atoms with Gasteiger partial charge < -0.3 is 4.74 Å². The zero-order valence-electron chi connectivity index (χ0n) is 10.4. The van der Waals surface area contributed by atoms with Crippen LogP contribution in [-0.2, 0) is 9.53 Å². The van der Waals surface area contributed by atoms with Crippen molar-refractivity contribution >= 4 is 5.78 Å². The second kappa shape index (κ2) is 4.09. The molecule has 1 unspecified atom stereocenters. The zero-order valence-corrected chi connectivity index (χ0v) is 10.4. The Morgan fingerprint density at radius 3 is 2.40 bits per heavy atom. The van der Waals surface area contributed by atoms with Gasteiger partial charge in [0.15, 0.2) is 5.78 Å². The summed E-state index contributed by atoms with van der Waals surface area (Å²) in [7, 11) is 1.70. The number of hydrogen-bond donors (Lipinski definition) is 0. The maximum atomic E-state index is 12.1. The molecule has 15 heavy (non-hydrogen) atoms. The van der Waals surface area contributed by atoms with Crippen LogP contribution in [0.3, 0.4) is 0 Å². The summed E-state index contributed by atoms with van der Waals surface area (Å²) in [5.41, 5.74) is 0.556. The largest absolute Gasteiger partial charge is 0.385 e. The van der Waals surface area contributed by atoms with Crippen LogP contribution in [0.4, 0.5) is 0 Å². The minimum atomic E-state index is -0.209. The van der Waals surface area contributed by atoms with E-state index in [0.29, 0.717) is 0 Å². The van der Waals surface area contributed by atoms with E-state index in [1.54, 1.807) is 7.11 Å². The van der Waals surface area contributed by atoms with Gasteiger partial charge in [-0.1, -0.05) is 27.4 Å². The summed E-state index contributed by atoms with van der Waals surface area (Å²) in [6, 6.07) is 0. The Bertz CT molecular complexity index is 278. The lowest BCUT2D eigenvalue weighted by molar-refractivity contribution is -0.122. The number of rotatable bonds is 4. The number of ketones is 1. The van der Waals surface area contributed by atoms with Gasteiger partial charge in [0, 0.05) is 19.1 Å². The topological polar surface area (TPSA) is 26.3 Å². The number of Topliss-reactive ketones (excluding diaryl/α,β-unsaturated/α-hetero) is 1. The molecule has 2 heteroatoms. The SMILES string of the molecule is C=C1C(=O)C(C)(CCCOC)CC1(C)C. The van der Waals surface area contributed by atoms with E-state index in [9.17, 15) is 4.79 Å². The van der Waals surface area contributed by atoms with Crippen LogP contribution in [-0.4, -0.2) is 19.5 Å². The Morgan fingerprint density at radius 2 is 2.00 bits per heavy atom. The van der Waals surface area contributed by atoms with Gasteiger partial charge in [0.25, 0.3) is 0 Å². The van der Waals surface area contributed by atoms with E-state index >= 15 is 0 Å². The summed E-state index contributed by atoms with van der Waals surface area (Å²) < 4.78 is 5.03. The smallest absolute Gasteiger partial charge is 0.164 e. The van der Waals surface area contributed by atoms with Crippen LogP contribution in [0.1, 0.15) is 40.0 Å². The van der Waals surface area contributed by atoms with Crippen molar-refractivity contribution < 1.29 is 9.53 Å². The first-order chi connectivity index (χ1) is 6.83. The van der Waals surface area contributed by atoms with Gasteiger partial charge in [-0.2, -0.15) is 0 Å². The Labute approximate surface area is 92.7 Å². The fourth-order valence-corrected chi connectivity index (χ4v) is 2.64. The van der Waals surface area contributed by atoms with Crippen molar-refractivity contribution in [3.63, 3.8) is 0 Å². The molecule has 1 saturated carbocycles.